The average Bonchev–Trinajstić information content (AvgIpc) is 2.83. The number of rotatable bonds is 3. The third-order valence-corrected chi connectivity index (χ3v) is 3.14. The predicted molar refractivity (Wildman–Crippen MR) is 70.3 cm³/mol. The molecule has 1 aliphatic rings. The van der Waals surface area contributed by atoms with Crippen LogP contribution in [0.1, 0.15) is 0 Å². The minimum Gasteiger partial charge on any atom is -0.379 e. The van der Waals surface area contributed by atoms with Crippen LogP contribution in [0.15, 0.2) is 30.6 Å². The van der Waals surface area contributed by atoms with Gasteiger partial charge in [0.2, 0.25) is 0 Å². The number of carbonyl (C=O) groups is 1. The molecule has 1 saturated heterocycles. The lowest BCUT2D eigenvalue weighted by molar-refractivity contribution is -0.128. The van der Waals surface area contributed by atoms with E-state index in [0.29, 0.717) is 13.2 Å². The summed E-state index contributed by atoms with van der Waals surface area (Å²) < 4.78 is 7.09. The highest BCUT2D eigenvalue weighted by molar-refractivity contribution is 5.80. The number of aromatic nitrogens is 2. The van der Waals surface area contributed by atoms with E-state index in [-0.39, 0.29) is 12.5 Å². The molecule has 0 spiro atoms. The molecule has 1 amide bonds. The van der Waals surface area contributed by atoms with Crippen LogP contribution in [0.25, 0.3) is 11.0 Å². The summed E-state index contributed by atoms with van der Waals surface area (Å²) in [5.41, 5.74) is 4.76. The number of carbonyl (C=O) groups excluding carboxylic acids is 1. The minimum absolute atomic E-state index is 0.0370. The van der Waals surface area contributed by atoms with Gasteiger partial charge in [-0.05, 0) is 12.1 Å². The summed E-state index contributed by atoms with van der Waals surface area (Å²) >= 11 is 0. The normalized spacial score (nSPS) is 16.6. The third kappa shape index (κ3) is 2.74. The van der Waals surface area contributed by atoms with Gasteiger partial charge in [-0.1, -0.05) is 12.1 Å². The molecule has 0 saturated carbocycles. The zero-order valence-corrected chi connectivity index (χ0v) is 10.6. The van der Waals surface area contributed by atoms with Crippen LogP contribution in [0.2, 0.25) is 0 Å². The quantitative estimate of drug-likeness (QED) is 0.868. The van der Waals surface area contributed by atoms with E-state index >= 15 is 0 Å². The fourth-order valence-electron chi connectivity index (χ4n) is 2.18. The zero-order valence-electron chi connectivity index (χ0n) is 10.6. The van der Waals surface area contributed by atoms with Gasteiger partial charge < -0.3 is 9.30 Å². The number of amides is 1. The van der Waals surface area contributed by atoms with E-state index in [1.807, 2.05) is 33.8 Å². The van der Waals surface area contributed by atoms with Crippen molar-refractivity contribution in [1.82, 2.24) is 20.0 Å². The van der Waals surface area contributed by atoms with Crippen molar-refractivity contribution in [2.45, 2.75) is 6.54 Å². The molecule has 1 aliphatic heterocycles. The summed E-state index contributed by atoms with van der Waals surface area (Å²) in [5, 5.41) is 1.89. The largest absolute Gasteiger partial charge is 0.379 e. The second-order valence-electron chi connectivity index (χ2n) is 4.50. The SMILES string of the molecule is O=C(Cn1cnc2ccccc21)NN1CCOCC1. The Labute approximate surface area is 110 Å². The van der Waals surface area contributed by atoms with Gasteiger partial charge in [-0.25, -0.2) is 9.99 Å². The maximum Gasteiger partial charge on any atom is 0.254 e. The standard InChI is InChI=1S/C13H16N4O2/c18-13(15-17-5-7-19-8-6-17)9-16-10-14-11-3-1-2-4-12(11)16/h1-4,10H,5-9H2,(H,15,18). The summed E-state index contributed by atoms with van der Waals surface area (Å²) in [6.45, 7) is 3.06. The molecule has 0 atom stereocenters. The number of imidazole rings is 1. The molecule has 100 valence electrons. The minimum atomic E-state index is -0.0370. The molecule has 0 aliphatic carbocycles. The summed E-state index contributed by atoms with van der Waals surface area (Å²) in [5.74, 6) is -0.0370. The first kappa shape index (κ1) is 12.1. The molecule has 1 aromatic heterocycles. The van der Waals surface area contributed by atoms with Crippen molar-refractivity contribution in [3.05, 3.63) is 30.6 Å². The van der Waals surface area contributed by atoms with Gasteiger partial charge in [0.25, 0.3) is 5.91 Å². The number of hydrogen-bond acceptors (Lipinski definition) is 4. The average molecular weight is 260 g/mol. The molecule has 6 nitrogen and oxygen atoms in total. The van der Waals surface area contributed by atoms with Gasteiger partial charge in [-0.2, -0.15) is 0 Å². The van der Waals surface area contributed by atoms with E-state index in [1.54, 1.807) is 6.33 Å². The van der Waals surface area contributed by atoms with Crippen LogP contribution in [-0.2, 0) is 16.1 Å². The third-order valence-electron chi connectivity index (χ3n) is 3.14. The van der Waals surface area contributed by atoms with Gasteiger partial charge in [-0.15, -0.1) is 0 Å². The monoisotopic (exact) mass is 260 g/mol. The number of para-hydroxylation sites is 2. The second kappa shape index (κ2) is 5.38. The lowest BCUT2D eigenvalue weighted by Gasteiger charge is -2.26. The summed E-state index contributed by atoms with van der Waals surface area (Å²) in [4.78, 5) is 16.2. The maximum atomic E-state index is 12.0. The molecule has 0 bridgehead atoms. The predicted octanol–water partition coefficient (Wildman–Crippen LogP) is 0.400. The molecule has 2 heterocycles. The molecule has 1 aromatic carbocycles. The Hall–Kier alpha value is -1.92. The molecule has 1 fully saturated rings. The Morgan fingerprint density at radius 1 is 1.32 bits per heavy atom. The van der Waals surface area contributed by atoms with Crippen molar-refractivity contribution in [3.8, 4) is 0 Å². The summed E-state index contributed by atoms with van der Waals surface area (Å²) in [7, 11) is 0. The molecule has 2 aromatic rings. The summed E-state index contributed by atoms with van der Waals surface area (Å²) in [6.07, 6.45) is 1.70. The Morgan fingerprint density at radius 2 is 2.11 bits per heavy atom. The number of fused-ring (bicyclic) bond motifs is 1. The Morgan fingerprint density at radius 3 is 2.95 bits per heavy atom. The van der Waals surface area contributed by atoms with Crippen LogP contribution >= 0.6 is 0 Å². The highest BCUT2D eigenvalue weighted by atomic mass is 16.5. The number of nitrogens with one attached hydrogen (secondary N) is 1. The van der Waals surface area contributed by atoms with Crippen molar-refractivity contribution in [1.29, 1.82) is 0 Å². The highest BCUT2D eigenvalue weighted by Crippen LogP contribution is 2.11. The van der Waals surface area contributed by atoms with Gasteiger partial charge in [0.1, 0.15) is 6.54 Å². The number of hydrogen-bond donors (Lipinski definition) is 1. The number of ether oxygens (including phenoxy) is 1. The van der Waals surface area contributed by atoms with Crippen molar-refractivity contribution in [3.63, 3.8) is 0 Å². The lowest BCUT2D eigenvalue weighted by atomic mass is 10.3. The van der Waals surface area contributed by atoms with Crippen LogP contribution < -0.4 is 5.43 Å². The molecule has 19 heavy (non-hydrogen) atoms. The van der Waals surface area contributed by atoms with Crippen LogP contribution in [0.5, 0.6) is 0 Å². The molecule has 0 unspecified atom stereocenters. The van der Waals surface area contributed by atoms with Gasteiger partial charge in [0.05, 0.1) is 30.6 Å². The number of hydrazine groups is 1. The number of morpholine rings is 1. The fraction of sp³-hybridized carbons (Fsp3) is 0.385. The molecular weight excluding hydrogens is 244 g/mol. The van der Waals surface area contributed by atoms with Crippen LogP contribution in [-0.4, -0.2) is 46.8 Å². The van der Waals surface area contributed by atoms with Crippen molar-refractivity contribution < 1.29 is 9.53 Å². The van der Waals surface area contributed by atoms with Crippen LogP contribution in [0.4, 0.5) is 0 Å². The van der Waals surface area contributed by atoms with Gasteiger partial charge in [0.15, 0.2) is 0 Å². The molecular formula is C13H16N4O2. The van der Waals surface area contributed by atoms with Crippen LogP contribution in [0, 0.1) is 0 Å². The Kier molecular flexibility index (Phi) is 3.43. The van der Waals surface area contributed by atoms with Crippen molar-refractivity contribution in [2.75, 3.05) is 26.3 Å². The first-order valence-electron chi connectivity index (χ1n) is 6.35. The van der Waals surface area contributed by atoms with Crippen molar-refractivity contribution in [2.24, 2.45) is 0 Å². The lowest BCUT2D eigenvalue weighted by Crippen LogP contribution is -2.49. The molecule has 0 radical (unpaired) electrons. The number of benzene rings is 1. The first-order chi connectivity index (χ1) is 9.33. The van der Waals surface area contributed by atoms with E-state index in [4.69, 9.17) is 4.74 Å². The molecule has 6 heteroatoms. The first-order valence-corrected chi connectivity index (χ1v) is 6.35. The number of nitrogens with zero attached hydrogens (tertiary/aromatic N) is 3. The van der Waals surface area contributed by atoms with E-state index < -0.39 is 0 Å². The second-order valence-corrected chi connectivity index (χ2v) is 4.50. The van der Waals surface area contributed by atoms with Crippen LogP contribution in [0.3, 0.4) is 0 Å². The molecule has 3 rings (SSSR count). The molecule has 1 N–H and O–H groups in total. The van der Waals surface area contributed by atoms with E-state index in [2.05, 4.69) is 10.4 Å². The maximum absolute atomic E-state index is 12.0. The van der Waals surface area contributed by atoms with Gasteiger partial charge >= 0.3 is 0 Å². The Balaban J connectivity index is 1.65. The van der Waals surface area contributed by atoms with Crippen molar-refractivity contribution >= 4 is 16.9 Å². The van der Waals surface area contributed by atoms with Gasteiger partial charge in [-0.3, -0.25) is 10.2 Å². The van der Waals surface area contributed by atoms with Gasteiger partial charge in [0, 0.05) is 13.1 Å². The Bertz CT molecular complexity index is 575. The van der Waals surface area contributed by atoms with E-state index in [9.17, 15) is 4.79 Å². The van der Waals surface area contributed by atoms with E-state index in [1.165, 1.54) is 0 Å². The smallest absolute Gasteiger partial charge is 0.254 e. The van der Waals surface area contributed by atoms with E-state index in [0.717, 1.165) is 24.1 Å². The fourth-order valence-corrected chi connectivity index (χ4v) is 2.18. The summed E-state index contributed by atoms with van der Waals surface area (Å²) in [6, 6.07) is 7.78. The topological polar surface area (TPSA) is 59.4 Å². The highest BCUT2D eigenvalue weighted by Gasteiger charge is 2.13. The zero-order chi connectivity index (χ0) is 13.1.